The molecule has 2 saturated carbocycles. The summed E-state index contributed by atoms with van der Waals surface area (Å²) in [4.78, 5) is 91.6. The van der Waals surface area contributed by atoms with Crippen molar-refractivity contribution in [3.05, 3.63) is 182 Å². The lowest BCUT2D eigenvalue weighted by Gasteiger charge is -2.27. The second-order valence-corrected chi connectivity index (χ2v) is 27.9. The Labute approximate surface area is 615 Å². The number of anilines is 1. The molecule has 7 aromatic rings. The average Bonchev–Trinajstić information content (AvgIpc) is 1.61. The van der Waals surface area contributed by atoms with Crippen molar-refractivity contribution in [2.75, 3.05) is 57.8 Å². The van der Waals surface area contributed by atoms with Gasteiger partial charge in [0.05, 0.1) is 74.5 Å². The Morgan fingerprint density at radius 3 is 1.46 bits per heavy atom. The van der Waals surface area contributed by atoms with Crippen molar-refractivity contribution in [3.63, 3.8) is 0 Å². The summed E-state index contributed by atoms with van der Waals surface area (Å²) in [6.45, 7) is 10.4. The number of hydrazone groups is 1. The van der Waals surface area contributed by atoms with Crippen LogP contribution in [0.5, 0.6) is 34.5 Å². The Hall–Kier alpha value is -9.37. The first-order valence-corrected chi connectivity index (χ1v) is 38.1. The molecule has 104 heavy (non-hydrogen) atoms. The van der Waals surface area contributed by atoms with Crippen molar-refractivity contribution in [2.45, 2.75) is 160 Å². The molecule has 552 valence electrons. The lowest BCUT2D eigenvalue weighted by molar-refractivity contribution is -0.218. The zero-order valence-corrected chi connectivity index (χ0v) is 60.5. The zero-order chi connectivity index (χ0) is 72.3. The van der Waals surface area contributed by atoms with Crippen LogP contribution in [0.1, 0.15) is 177 Å². The molecule has 0 N–H and O–H groups in total. The fourth-order valence-electron chi connectivity index (χ4n) is 13.2. The molecule has 1 aromatic heterocycles. The molecule has 0 amide bonds. The maximum atomic E-state index is 13.9. The molecule has 0 aliphatic heterocycles. The van der Waals surface area contributed by atoms with Gasteiger partial charge in [0.15, 0.2) is 11.5 Å². The lowest BCUT2D eigenvalue weighted by Crippen LogP contribution is -2.27. The van der Waals surface area contributed by atoms with Crippen molar-refractivity contribution >= 4 is 62.7 Å². The van der Waals surface area contributed by atoms with Gasteiger partial charge in [-0.3, -0.25) is 14.4 Å². The van der Waals surface area contributed by atoms with Gasteiger partial charge in [0.25, 0.3) is 0 Å². The third-order valence-electron chi connectivity index (χ3n) is 19.2. The van der Waals surface area contributed by atoms with Gasteiger partial charge >= 0.3 is 29.8 Å². The molecular weight excluding hydrogens is 1340 g/mol. The van der Waals surface area contributed by atoms with Crippen molar-refractivity contribution in [1.82, 2.24) is 4.98 Å². The van der Waals surface area contributed by atoms with Crippen LogP contribution in [0.4, 0.5) is 5.13 Å². The number of ether oxygens (including phenoxy) is 7. The van der Waals surface area contributed by atoms with Crippen molar-refractivity contribution in [1.29, 1.82) is 0 Å². The van der Waals surface area contributed by atoms with Crippen LogP contribution >= 0.6 is 11.3 Å². The van der Waals surface area contributed by atoms with Crippen LogP contribution in [0.3, 0.4) is 0 Å². The molecular formula is C84H99N3O16S. The first kappa shape index (κ1) is 77.2. The number of carbonyl (C=O) groups excluding carboxylic acids is 5. The molecule has 1 heterocycles. The smallest absolute Gasteiger partial charge is 0.330 e. The van der Waals surface area contributed by atoms with Gasteiger partial charge in [-0.25, -0.2) is 19.6 Å². The number of hydrogen-bond acceptors (Lipinski definition) is 20. The molecule has 6 aromatic carbocycles. The van der Waals surface area contributed by atoms with E-state index in [0.717, 1.165) is 172 Å². The summed E-state index contributed by atoms with van der Waals surface area (Å²) in [7, 11) is 0. The maximum absolute atomic E-state index is 13.9. The number of unbranched alkanes of at least 4 members (excludes halogenated alkanes) is 13. The van der Waals surface area contributed by atoms with E-state index >= 15 is 0 Å². The summed E-state index contributed by atoms with van der Waals surface area (Å²) >= 11 is 1.58. The SMILES string of the molecule is C=CC(=O)OCCCCCCOc1ccc(OOCC2CCC(C(=O)Oc3ccc(OOCC4CCC(C(=O)Oc5ccc(OCCCCCCOC(=O)C=C)cc5)CC4)c(/C=N/N(CCCCCCCCCCOC(=O)C4c5ccccc5-c5ccccc54)c4nc5ccccc5s4)c3)CC2)cc1. The number of carbonyl (C=O) groups is 5. The summed E-state index contributed by atoms with van der Waals surface area (Å²) in [5, 5.41) is 7.77. The van der Waals surface area contributed by atoms with Crippen molar-refractivity contribution in [3.8, 4) is 45.6 Å². The van der Waals surface area contributed by atoms with Crippen LogP contribution < -0.4 is 33.7 Å². The molecule has 0 bridgehead atoms. The quantitative estimate of drug-likeness (QED) is 0.00507. The molecule has 0 unspecified atom stereocenters. The predicted molar refractivity (Wildman–Crippen MR) is 401 cm³/mol. The highest BCUT2D eigenvalue weighted by molar-refractivity contribution is 7.22. The van der Waals surface area contributed by atoms with Gasteiger partial charge in [0, 0.05) is 24.3 Å². The Bertz CT molecular complexity index is 3800. The van der Waals surface area contributed by atoms with Gasteiger partial charge in [0.1, 0.15) is 28.9 Å². The normalized spacial score (nSPS) is 16.2. The van der Waals surface area contributed by atoms with Crippen LogP contribution in [-0.2, 0) is 48.0 Å². The summed E-state index contributed by atoms with van der Waals surface area (Å²) < 4.78 is 40.7. The molecule has 0 radical (unpaired) electrons. The number of aromatic nitrogens is 1. The zero-order valence-electron chi connectivity index (χ0n) is 59.7. The minimum absolute atomic E-state index is 0.143. The molecule has 0 atom stereocenters. The van der Waals surface area contributed by atoms with Gasteiger partial charge in [-0.1, -0.05) is 124 Å². The second-order valence-electron chi connectivity index (χ2n) is 26.9. The fraction of sp³-hybridized carbons (Fsp3) is 0.440. The van der Waals surface area contributed by atoms with Crippen LogP contribution in [-0.4, -0.2) is 93.8 Å². The third-order valence-corrected chi connectivity index (χ3v) is 20.2. The molecule has 10 rings (SSSR count). The highest BCUT2D eigenvalue weighted by atomic mass is 32.1. The van der Waals surface area contributed by atoms with Crippen LogP contribution in [0.25, 0.3) is 21.3 Å². The van der Waals surface area contributed by atoms with Gasteiger partial charge in [-0.15, -0.1) is 0 Å². The number of benzene rings is 6. The number of esters is 5. The Balaban J connectivity index is 0.687. The minimum atomic E-state index is -0.404. The molecule has 2 fully saturated rings. The van der Waals surface area contributed by atoms with Crippen LogP contribution in [0.15, 0.2) is 170 Å². The number of para-hydroxylation sites is 1. The number of nitrogens with zero attached hydrogens (tertiary/aromatic N) is 3. The number of fused-ring (bicyclic) bond motifs is 4. The van der Waals surface area contributed by atoms with E-state index in [0.29, 0.717) is 113 Å². The fourth-order valence-corrected chi connectivity index (χ4v) is 14.2. The third kappa shape index (κ3) is 24.6. The first-order valence-electron chi connectivity index (χ1n) is 37.3. The standard InChI is InChI=1S/C84H99N3O16S/c1-3-78(88)95-54-24-13-11-22-52-93-66-41-45-68(46-42-66)100-81(90)63-37-35-62(36-38-63)60-99-103-76-50-49-70(101-82(91)64-39-33-61(34-40-64)59-98-102-69-47-43-67(44-48-69)94-53-23-12-14-25-55-96-79(89)4-2)57-65(76)58-85-87(84-86-75-31-19-20-32-77(75)104-84)51-21-9-7-5-6-8-10-26-56-97-83(92)80-73-29-17-15-27-71(73)72-28-16-18-30-74(72)80/h3-4,15-20,27-32,41-50,57-58,61-64,80H,1-2,5-14,21-26,33-40,51-56,59-60H2/b85-58+. The van der Waals surface area contributed by atoms with Crippen LogP contribution in [0.2, 0.25) is 0 Å². The first-order chi connectivity index (χ1) is 51.1. The highest BCUT2D eigenvalue weighted by Crippen LogP contribution is 2.45. The molecule has 3 aliphatic carbocycles. The number of thiazole rings is 1. The molecule has 19 nitrogen and oxygen atoms in total. The van der Waals surface area contributed by atoms with Crippen LogP contribution in [0, 0.1) is 23.7 Å². The largest absolute Gasteiger partial charge is 0.494 e. The number of hydrogen-bond donors (Lipinski definition) is 0. The van der Waals surface area contributed by atoms with Gasteiger partial charge in [0.2, 0.25) is 5.13 Å². The van der Waals surface area contributed by atoms with E-state index in [2.05, 4.69) is 31.4 Å². The Morgan fingerprint density at radius 2 is 0.913 bits per heavy atom. The molecule has 0 saturated heterocycles. The lowest BCUT2D eigenvalue weighted by atomic mass is 9.82. The van der Waals surface area contributed by atoms with E-state index in [1.807, 2.05) is 83.9 Å². The van der Waals surface area contributed by atoms with E-state index in [-0.39, 0.29) is 47.5 Å². The van der Waals surface area contributed by atoms with Gasteiger partial charge in [-0.2, -0.15) is 14.9 Å². The van der Waals surface area contributed by atoms with E-state index in [1.165, 1.54) is 12.2 Å². The molecule has 3 aliphatic rings. The Morgan fingerprint density at radius 1 is 0.462 bits per heavy atom. The van der Waals surface area contributed by atoms with Crippen molar-refractivity contribution < 1.29 is 76.7 Å². The Kier molecular flexibility index (Phi) is 31.5. The average molecular weight is 1440 g/mol. The summed E-state index contributed by atoms with van der Waals surface area (Å²) in [6, 6.07) is 43.9. The minimum Gasteiger partial charge on any atom is -0.494 e. The predicted octanol–water partition coefficient (Wildman–Crippen LogP) is 18.4. The number of rotatable bonds is 45. The molecule has 0 spiro atoms. The highest BCUT2D eigenvalue weighted by Gasteiger charge is 2.35. The van der Waals surface area contributed by atoms with E-state index < -0.39 is 11.9 Å². The maximum Gasteiger partial charge on any atom is 0.330 e. The van der Waals surface area contributed by atoms with Crippen molar-refractivity contribution in [2.24, 2.45) is 28.8 Å². The monoisotopic (exact) mass is 1440 g/mol. The van der Waals surface area contributed by atoms with Gasteiger partial charge in [-0.05, 0) is 229 Å². The molecule has 20 heteroatoms. The second kappa shape index (κ2) is 42.4. The topological polar surface area (TPSA) is 215 Å². The van der Waals surface area contributed by atoms with E-state index in [1.54, 1.807) is 60.0 Å². The van der Waals surface area contributed by atoms with Gasteiger partial charge < -0.3 is 42.9 Å². The summed E-state index contributed by atoms with van der Waals surface area (Å²) in [5.74, 6) is 1.11. The summed E-state index contributed by atoms with van der Waals surface area (Å²) in [5.41, 5.74) is 5.68. The van der Waals surface area contributed by atoms with E-state index in [4.69, 9.17) is 62.8 Å². The summed E-state index contributed by atoms with van der Waals surface area (Å²) in [6.07, 6.45) is 24.8. The van der Waals surface area contributed by atoms with E-state index in [9.17, 15) is 24.0 Å².